The maximum atomic E-state index is 9.79. The van der Waals surface area contributed by atoms with E-state index in [-0.39, 0.29) is 0 Å². The van der Waals surface area contributed by atoms with Gasteiger partial charge in [0.05, 0.1) is 12.1 Å². The van der Waals surface area contributed by atoms with Crippen LogP contribution in [0, 0.1) is 6.92 Å². The van der Waals surface area contributed by atoms with Gasteiger partial charge < -0.3 is 9.63 Å². The molecule has 1 aromatic carbocycles. The van der Waals surface area contributed by atoms with Crippen molar-refractivity contribution in [2.24, 2.45) is 0 Å². The fraction of sp³-hybridized carbons (Fsp3) is 0.438. The van der Waals surface area contributed by atoms with Gasteiger partial charge in [-0.25, -0.2) is 0 Å². The summed E-state index contributed by atoms with van der Waals surface area (Å²) in [7, 11) is 1.95. The predicted octanol–water partition coefficient (Wildman–Crippen LogP) is 2.85. The Labute approximate surface area is 120 Å². The maximum absolute atomic E-state index is 9.79. The number of aromatic nitrogens is 1. The average molecular weight is 274 g/mol. The molecule has 0 saturated carbocycles. The van der Waals surface area contributed by atoms with E-state index >= 15 is 0 Å². The zero-order chi connectivity index (χ0) is 14.8. The highest BCUT2D eigenvalue weighted by atomic mass is 16.5. The van der Waals surface area contributed by atoms with Crippen LogP contribution in [0.3, 0.4) is 0 Å². The van der Waals surface area contributed by atoms with Gasteiger partial charge in [0.2, 0.25) is 0 Å². The molecule has 0 aliphatic rings. The monoisotopic (exact) mass is 274 g/mol. The lowest BCUT2D eigenvalue weighted by atomic mass is 10.1. The Hall–Kier alpha value is -1.65. The number of hydrogen-bond acceptors (Lipinski definition) is 4. The molecule has 1 aromatic heterocycles. The number of benzene rings is 1. The second kappa shape index (κ2) is 5.77. The molecule has 0 aliphatic heterocycles. The Morgan fingerprint density at radius 2 is 1.90 bits per heavy atom. The van der Waals surface area contributed by atoms with Crippen molar-refractivity contribution in [3.05, 3.63) is 41.7 Å². The summed E-state index contributed by atoms with van der Waals surface area (Å²) in [5.41, 5.74) is 2.41. The third kappa shape index (κ3) is 4.18. The Morgan fingerprint density at radius 1 is 1.25 bits per heavy atom. The number of hydrogen-bond donors (Lipinski definition) is 1. The van der Waals surface area contributed by atoms with Gasteiger partial charge >= 0.3 is 0 Å². The van der Waals surface area contributed by atoms with Crippen LogP contribution in [0.5, 0.6) is 0 Å². The highest BCUT2D eigenvalue weighted by Gasteiger charge is 2.17. The number of aryl methyl sites for hydroxylation is 1. The Bertz CT molecular complexity index is 553. The van der Waals surface area contributed by atoms with Crippen LogP contribution in [0.4, 0.5) is 0 Å². The second-order valence-electron chi connectivity index (χ2n) is 6.03. The third-order valence-corrected chi connectivity index (χ3v) is 2.99. The van der Waals surface area contributed by atoms with Crippen molar-refractivity contribution < 1.29 is 9.63 Å². The Morgan fingerprint density at radius 3 is 2.50 bits per heavy atom. The molecule has 0 saturated heterocycles. The Kier molecular flexibility index (Phi) is 4.26. The number of nitrogens with zero attached hydrogens (tertiary/aromatic N) is 2. The van der Waals surface area contributed by atoms with Crippen molar-refractivity contribution in [1.82, 2.24) is 10.1 Å². The van der Waals surface area contributed by atoms with Crippen molar-refractivity contribution in [1.29, 1.82) is 0 Å². The first-order valence-corrected chi connectivity index (χ1v) is 6.77. The molecule has 0 amide bonds. The summed E-state index contributed by atoms with van der Waals surface area (Å²) in [6.07, 6.45) is 0. The standard InChI is InChI=1S/C16H22N2O2/c1-12-5-7-13(8-6-12)15-9-14(20-17-15)10-18(4)11-16(2,3)19/h5-9,19H,10-11H2,1-4H3. The molecule has 0 unspecified atom stereocenters. The molecule has 20 heavy (non-hydrogen) atoms. The minimum atomic E-state index is -0.714. The largest absolute Gasteiger partial charge is 0.389 e. The second-order valence-corrected chi connectivity index (χ2v) is 6.03. The van der Waals surface area contributed by atoms with E-state index in [0.29, 0.717) is 13.1 Å². The molecule has 0 atom stereocenters. The molecule has 0 spiro atoms. The van der Waals surface area contributed by atoms with Gasteiger partial charge in [-0.15, -0.1) is 0 Å². The van der Waals surface area contributed by atoms with Crippen LogP contribution < -0.4 is 0 Å². The Balaban J connectivity index is 2.04. The minimum absolute atomic E-state index is 0.577. The van der Waals surface area contributed by atoms with Crippen LogP contribution in [0.2, 0.25) is 0 Å². The average Bonchev–Trinajstić information content (AvgIpc) is 2.75. The summed E-state index contributed by atoms with van der Waals surface area (Å²) in [6, 6.07) is 10.1. The van der Waals surface area contributed by atoms with Crippen LogP contribution in [0.25, 0.3) is 11.3 Å². The molecular formula is C16H22N2O2. The molecule has 0 radical (unpaired) electrons. The maximum Gasteiger partial charge on any atom is 0.151 e. The first kappa shape index (κ1) is 14.8. The van der Waals surface area contributed by atoms with E-state index in [0.717, 1.165) is 17.0 Å². The van der Waals surface area contributed by atoms with Crippen LogP contribution in [0.1, 0.15) is 25.2 Å². The van der Waals surface area contributed by atoms with Crippen LogP contribution in [-0.2, 0) is 6.54 Å². The summed E-state index contributed by atoms with van der Waals surface area (Å²) in [5, 5.41) is 13.9. The molecule has 0 fully saturated rings. The van der Waals surface area contributed by atoms with Crippen molar-refractivity contribution >= 4 is 0 Å². The summed E-state index contributed by atoms with van der Waals surface area (Å²) in [6.45, 7) is 6.85. The lowest BCUT2D eigenvalue weighted by Gasteiger charge is -2.24. The van der Waals surface area contributed by atoms with Gasteiger partial charge in [0.25, 0.3) is 0 Å². The van der Waals surface area contributed by atoms with E-state index in [1.165, 1.54) is 5.56 Å². The van der Waals surface area contributed by atoms with E-state index in [4.69, 9.17) is 4.52 Å². The molecule has 2 aromatic rings. The highest BCUT2D eigenvalue weighted by Crippen LogP contribution is 2.20. The van der Waals surface area contributed by atoms with E-state index in [1.54, 1.807) is 13.8 Å². The SMILES string of the molecule is Cc1ccc(-c2cc(CN(C)CC(C)(C)O)on2)cc1. The lowest BCUT2D eigenvalue weighted by Crippen LogP contribution is -2.35. The van der Waals surface area contributed by atoms with E-state index in [2.05, 4.69) is 24.2 Å². The molecule has 4 heteroatoms. The molecule has 108 valence electrons. The van der Waals surface area contributed by atoms with Crippen molar-refractivity contribution in [3.63, 3.8) is 0 Å². The van der Waals surface area contributed by atoms with Crippen LogP contribution >= 0.6 is 0 Å². The first-order chi connectivity index (χ1) is 9.33. The number of rotatable bonds is 5. The third-order valence-electron chi connectivity index (χ3n) is 2.99. The number of aliphatic hydroxyl groups is 1. The van der Waals surface area contributed by atoms with Gasteiger partial charge in [0, 0.05) is 18.2 Å². The fourth-order valence-corrected chi connectivity index (χ4v) is 2.23. The van der Waals surface area contributed by atoms with Gasteiger partial charge in [0.1, 0.15) is 5.69 Å². The summed E-state index contributed by atoms with van der Waals surface area (Å²) in [5.74, 6) is 0.798. The van der Waals surface area contributed by atoms with Gasteiger partial charge in [-0.05, 0) is 27.8 Å². The quantitative estimate of drug-likeness (QED) is 0.911. The molecule has 2 rings (SSSR count). The summed E-state index contributed by atoms with van der Waals surface area (Å²) < 4.78 is 5.36. The smallest absolute Gasteiger partial charge is 0.151 e. The van der Waals surface area contributed by atoms with E-state index in [1.807, 2.05) is 30.1 Å². The van der Waals surface area contributed by atoms with Crippen LogP contribution in [0.15, 0.2) is 34.9 Å². The molecule has 4 nitrogen and oxygen atoms in total. The van der Waals surface area contributed by atoms with Gasteiger partial charge in [-0.2, -0.15) is 0 Å². The molecule has 1 heterocycles. The van der Waals surface area contributed by atoms with E-state index < -0.39 is 5.60 Å². The normalized spacial score (nSPS) is 12.1. The van der Waals surface area contributed by atoms with E-state index in [9.17, 15) is 5.11 Å². The highest BCUT2D eigenvalue weighted by molar-refractivity contribution is 5.59. The molecular weight excluding hydrogens is 252 g/mol. The topological polar surface area (TPSA) is 49.5 Å². The number of likely N-dealkylation sites (N-methyl/N-ethyl adjacent to an activating group) is 1. The zero-order valence-electron chi connectivity index (χ0n) is 12.6. The molecule has 0 bridgehead atoms. The van der Waals surface area contributed by atoms with Gasteiger partial charge in [0.15, 0.2) is 5.76 Å². The zero-order valence-corrected chi connectivity index (χ0v) is 12.6. The van der Waals surface area contributed by atoms with Crippen LogP contribution in [-0.4, -0.2) is 34.4 Å². The summed E-state index contributed by atoms with van der Waals surface area (Å²) in [4.78, 5) is 2.01. The lowest BCUT2D eigenvalue weighted by molar-refractivity contribution is 0.0402. The predicted molar refractivity (Wildman–Crippen MR) is 79.3 cm³/mol. The minimum Gasteiger partial charge on any atom is -0.389 e. The summed E-state index contributed by atoms with van der Waals surface area (Å²) >= 11 is 0. The van der Waals surface area contributed by atoms with Crippen molar-refractivity contribution in [2.75, 3.05) is 13.6 Å². The van der Waals surface area contributed by atoms with Crippen molar-refractivity contribution in [2.45, 2.75) is 32.9 Å². The van der Waals surface area contributed by atoms with Crippen molar-refractivity contribution in [3.8, 4) is 11.3 Å². The first-order valence-electron chi connectivity index (χ1n) is 6.77. The fourth-order valence-electron chi connectivity index (χ4n) is 2.23. The molecule has 0 aliphatic carbocycles. The molecule has 1 N–H and O–H groups in total. The van der Waals surface area contributed by atoms with Gasteiger partial charge in [-0.3, -0.25) is 4.90 Å². The van der Waals surface area contributed by atoms with Gasteiger partial charge in [-0.1, -0.05) is 35.0 Å².